The van der Waals surface area contributed by atoms with E-state index < -0.39 is 32.6 Å². The van der Waals surface area contributed by atoms with E-state index in [2.05, 4.69) is 5.32 Å². The van der Waals surface area contributed by atoms with Crippen LogP contribution in [-0.4, -0.2) is 42.6 Å². The molecule has 0 atom stereocenters. The number of sulfonamides is 1. The first-order valence-corrected chi connectivity index (χ1v) is 8.23. The van der Waals surface area contributed by atoms with E-state index in [1.54, 1.807) is 20.8 Å². The van der Waals surface area contributed by atoms with Gasteiger partial charge in [-0.1, -0.05) is 0 Å². The fourth-order valence-corrected chi connectivity index (χ4v) is 3.08. The van der Waals surface area contributed by atoms with E-state index in [1.165, 1.54) is 0 Å². The van der Waals surface area contributed by atoms with Crippen molar-refractivity contribution >= 4 is 16.1 Å². The van der Waals surface area contributed by atoms with Crippen molar-refractivity contribution < 1.29 is 23.1 Å². The van der Waals surface area contributed by atoms with Gasteiger partial charge in [-0.15, -0.1) is 0 Å². The van der Waals surface area contributed by atoms with E-state index in [4.69, 9.17) is 9.88 Å². The molecule has 0 aliphatic heterocycles. The zero-order valence-electron chi connectivity index (χ0n) is 12.2. The SMILES string of the molecule is CC(C)(C)OC(=O)NCC1(O)CCC(S(N)(=O)=O)CC1. The first-order valence-electron chi connectivity index (χ1n) is 6.62. The molecule has 4 N–H and O–H groups in total. The fourth-order valence-electron chi connectivity index (χ4n) is 2.18. The molecule has 0 aromatic rings. The maximum Gasteiger partial charge on any atom is 0.407 e. The zero-order chi connectivity index (χ0) is 15.6. The van der Waals surface area contributed by atoms with E-state index in [1.807, 2.05) is 0 Å². The van der Waals surface area contributed by atoms with Crippen molar-refractivity contribution in [1.82, 2.24) is 5.32 Å². The normalized spacial score (nSPS) is 27.9. The molecule has 0 spiro atoms. The quantitative estimate of drug-likeness (QED) is 0.700. The van der Waals surface area contributed by atoms with Gasteiger partial charge < -0.3 is 15.2 Å². The molecule has 20 heavy (non-hydrogen) atoms. The van der Waals surface area contributed by atoms with Crippen LogP contribution < -0.4 is 10.5 Å². The molecule has 118 valence electrons. The summed E-state index contributed by atoms with van der Waals surface area (Å²) in [5.74, 6) is 0. The Morgan fingerprint density at radius 1 is 1.40 bits per heavy atom. The molecule has 0 aromatic heterocycles. The van der Waals surface area contributed by atoms with Crippen LogP contribution in [0.5, 0.6) is 0 Å². The molecule has 1 fully saturated rings. The van der Waals surface area contributed by atoms with Gasteiger partial charge in [0.05, 0.1) is 10.9 Å². The minimum absolute atomic E-state index is 0.0409. The zero-order valence-corrected chi connectivity index (χ0v) is 13.0. The highest BCUT2D eigenvalue weighted by atomic mass is 32.2. The molecule has 1 aliphatic carbocycles. The molecular formula is C12H24N2O5S. The minimum Gasteiger partial charge on any atom is -0.444 e. The maximum atomic E-state index is 11.5. The molecule has 1 saturated carbocycles. The number of hydrogen-bond acceptors (Lipinski definition) is 5. The number of nitrogens with two attached hydrogens (primary N) is 1. The number of rotatable bonds is 3. The summed E-state index contributed by atoms with van der Waals surface area (Å²) in [5.41, 5.74) is -1.70. The third-order valence-electron chi connectivity index (χ3n) is 3.29. The number of ether oxygens (including phenoxy) is 1. The maximum absolute atomic E-state index is 11.5. The Morgan fingerprint density at radius 3 is 2.30 bits per heavy atom. The van der Waals surface area contributed by atoms with E-state index in [0.717, 1.165) is 0 Å². The van der Waals surface area contributed by atoms with Gasteiger partial charge in [-0.25, -0.2) is 18.4 Å². The fraction of sp³-hybridized carbons (Fsp3) is 0.917. The number of primary sulfonamides is 1. The van der Waals surface area contributed by atoms with Crippen LogP contribution in [0.15, 0.2) is 0 Å². The summed E-state index contributed by atoms with van der Waals surface area (Å²) in [6, 6.07) is 0. The Hall–Kier alpha value is -0.860. The lowest BCUT2D eigenvalue weighted by atomic mass is 9.84. The molecule has 0 radical (unpaired) electrons. The van der Waals surface area contributed by atoms with Gasteiger partial charge in [0.15, 0.2) is 0 Å². The highest BCUT2D eigenvalue weighted by Crippen LogP contribution is 2.30. The number of alkyl carbamates (subject to hydrolysis) is 1. The van der Waals surface area contributed by atoms with Gasteiger partial charge >= 0.3 is 6.09 Å². The molecule has 1 rings (SSSR count). The van der Waals surface area contributed by atoms with Crippen LogP contribution in [0.1, 0.15) is 46.5 Å². The van der Waals surface area contributed by atoms with Crippen molar-refractivity contribution in [2.24, 2.45) is 5.14 Å². The summed E-state index contributed by atoms with van der Waals surface area (Å²) in [6.07, 6.45) is 0.560. The topological polar surface area (TPSA) is 119 Å². The molecule has 1 amide bonds. The first kappa shape index (κ1) is 17.2. The minimum atomic E-state index is -3.55. The van der Waals surface area contributed by atoms with Gasteiger partial charge in [-0.05, 0) is 46.5 Å². The first-order chi connectivity index (χ1) is 8.91. The van der Waals surface area contributed by atoms with Crippen LogP contribution in [0.2, 0.25) is 0 Å². The Kier molecular flexibility index (Phi) is 5.04. The van der Waals surface area contributed by atoms with Crippen molar-refractivity contribution in [3.05, 3.63) is 0 Å². The number of nitrogens with one attached hydrogen (secondary N) is 1. The molecule has 0 saturated heterocycles. The van der Waals surface area contributed by atoms with E-state index in [9.17, 15) is 18.3 Å². The third-order valence-corrected chi connectivity index (χ3v) is 4.69. The summed E-state index contributed by atoms with van der Waals surface area (Å²) >= 11 is 0. The predicted molar refractivity (Wildman–Crippen MR) is 74.5 cm³/mol. The predicted octanol–water partition coefficient (Wildman–Crippen LogP) is 0.473. The number of carbonyl (C=O) groups excluding carboxylic acids is 1. The van der Waals surface area contributed by atoms with Crippen molar-refractivity contribution in [1.29, 1.82) is 0 Å². The molecule has 0 bridgehead atoms. The van der Waals surface area contributed by atoms with Crippen molar-refractivity contribution in [3.63, 3.8) is 0 Å². The standard InChI is InChI=1S/C12H24N2O5S/c1-11(2,3)19-10(15)14-8-12(16)6-4-9(5-7-12)20(13,17)18/h9,16H,4-8H2,1-3H3,(H,14,15)(H2,13,17,18). The second-order valence-electron chi connectivity index (χ2n) is 6.37. The average molecular weight is 308 g/mol. The Labute approximate surface area is 119 Å². The van der Waals surface area contributed by atoms with Crippen LogP contribution in [0.25, 0.3) is 0 Å². The van der Waals surface area contributed by atoms with E-state index >= 15 is 0 Å². The smallest absolute Gasteiger partial charge is 0.407 e. The Balaban J connectivity index is 2.44. The van der Waals surface area contributed by atoms with Crippen LogP contribution in [-0.2, 0) is 14.8 Å². The molecule has 0 heterocycles. The lowest BCUT2D eigenvalue weighted by Gasteiger charge is -2.35. The largest absolute Gasteiger partial charge is 0.444 e. The van der Waals surface area contributed by atoms with Crippen LogP contribution in [0.3, 0.4) is 0 Å². The van der Waals surface area contributed by atoms with E-state index in [0.29, 0.717) is 12.8 Å². The van der Waals surface area contributed by atoms with Crippen LogP contribution in [0, 0.1) is 0 Å². The molecule has 8 heteroatoms. The lowest BCUT2D eigenvalue weighted by Crippen LogP contribution is -2.48. The molecule has 0 aromatic carbocycles. The summed E-state index contributed by atoms with van der Waals surface area (Å²) in [5, 5.41) is 17.3. The lowest BCUT2D eigenvalue weighted by molar-refractivity contribution is -0.000724. The molecular weight excluding hydrogens is 284 g/mol. The molecule has 0 unspecified atom stereocenters. The summed E-state index contributed by atoms with van der Waals surface area (Å²) in [4.78, 5) is 11.5. The molecule has 1 aliphatic rings. The van der Waals surface area contributed by atoms with Gasteiger partial charge in [-0.3, -0.25) is 0 Å². The highest BCUT2D eigenvalue weighted by Gasteiger charge is 2.37. The van der Waals surface area contributed by atoms with Crippen molar-refractivity contribution in [2.45, 2.75) is 62.9 Å². The van der Waals surface area contributed by atoms with E-state index in [-0.39, 0.29) is 19.4 Å². The van der Waals surface area contributed by atoms with Crippen molar-refractivity contribution in [2.75, 3.05) is 6.54 Å². The second-order valence-corrected chi connectivity index (χ2v) is 8.21. The van der Waals surface area contributed by atoms with Crippen LogP contribution >= 0.6 is 0 Å². The summed E-state index contributed by atoms with van der Waals surface area (Å²) in [6.45, 7) is 5.29. The summed E-state index contributed by atoms with van der Waals surface area (Å²) < 4.78 is 27.5. The second kappa shape index (κ2) is 5.87. The van der Waals surface area contributed by atoms with Crippen molar-refractivity contribution in [3.8, 4) is 0 Å². The third kappa shape index (κ3) is 5.64. The number of aliphatic hydroxyl groups is 1. The van der Waals surface area contributed by atoms with Gasteiger partial charge in [0.1, 0.15) is 5.60 Å². The number of hydrogen-bond donors (Lipinski definition) is 3. The summed E-state index contributed by atoms with van der Waals surface area (Å²) in [7, 11) is -3.55. The Bertz CT molecular complexity index is 447. The number of carbonyl (C=O) groups is 1. The van der Waals surface area contributed by atoms with Gasteiger partial charge in [0.2, 0.25) is 10.0 Å². The van der Waals surface area contributed by atoms with Crippen LogP contribution in [0.4, 0.5) is 4.79 Å². The monoisotopic (exact) mass is 308 g/mol. The molecule has 7 nitrogen and oxygen atoms in total. The van der Waals surface area contributed by atoms with Gasteiger partial charge in [0, 0.05) is 6.54 Å². The highest BCUT2D eigenvalue weighted by molar-refractivity contribution is 7.89. The Morgan fingerprint density at radius 2 is 1.90 bits per heavy atom. The van der Waals surface area contributed by atoms with Gasteiger partial charge in [0.25, 0.3) is 0 Å². The average Bonchev–Trinajstić information content (AvgIpc) is 2.23. The number of amides is 1. The van der Waals surface area contributed by atoms with Gasteiger partial charge in [-0.2, -0.15) is 0 Å².